The van der Waals surface area contributed by atoms with Crippen molar-refractivity contribution >= 4 is 29.9 Å². The summed E-state index contributed by atoms with van der Waals surface area (Å²) in [7, 11) is 0. The minimum atomic E-state index is 0. The van der Waals surface area contributed by atoms with E-state index in [-0.39, 0.29) is 24.0 Å². The molecule has 0 aliphatic carbocycles. The molecule has 0 unspecified atom stereocenters. The molecule has 0 saturated carbocycles. The minimum Gasteiger partial charge on any atom is -0.370 e. The molecule has 0 amide bonds. The number of nitrogens with zero attached hydrogens (tertiary/aromatic N) is 4. The van der Waals surface area contributed by atoms with Gasteiger partial charge in [-0.05, 0) is 31.4 Å². The number of rotatable bonds is 5. The molecule has 3 rings (SSSR count). The minimum absolute atomic E-state index is 0. The third-order valence-corrected chi connectivity index (χ3v) is 4.43. The van der Waals surface area contributed by atoms with Crippen molar-refractivity contribution in [3.8, 4) is 0 Å². The molecule has 1 saturated heterocycles. The average molecular weight is 466 g/mol. The predicted octanol–water partition coefficient (Wildman–Crippen LogP) is 2.47. The van der Waals surface area contributed by atoms with Gasteiger partial charge >= 0.3 is 0 Å². The van der Waals surface area contributed by atoms with Crippen molar-refractivity contribution in [2.24, 2.45) is 10.7 Å². The number of likely N-dealkylation sites (tertiary alicyclic amines) is 1. The van der Waals surface area contributed by atoms with E-state index in [4.69, 9.17) is 5.73 Å². The van der Waals surface area contributed by atoms with Gasteiger partial charge in [-0.15, -0.1) is 24.0 Å². The van der Waals surface area contributed by atoms with Crippen LogP contribution >= 0.6 is 24.0 Å². The van der Waals surface area contributed by atoms with Crippen LogP contribution in [0.3, 0.4) is 0 Å². The quantitative estimate of drug-likeness (QED) is 0.402. The van der Waals surface area contributed by atoms with E-state index in [9.17, 15) is 0 Å². The number of nitrogens with two attached hydrogens (primary N) is 1. The average Bonchev–Trinajstić information content (AvgIpc) is 2.63. The summed E-state index contributed by atoms with van der Waals surface area (Å²) in [4.78, 5) is 15.3. The Morgan fingerprint density at radius 2 is 1.96 bits per heavy atom. The normalized spacial score (nSPS) is 16.1. The standard InChI is InChI=1S/C19H26N6.HI/c1-15-21-10-7-18(23-15)13-22-19(20)24-17-8-11-25(12-9-17)14-16-5-3-2-4-6-16;/h2-7,10,17H,8-9,11-14H2,1H3,(H3,20,22,24);1H. The summed E-state index contributed by atoms with van der Waals surface area (Å²) in [6, 6.07) is 12.9. The molecular formula is C19H27IN6. The second kappa shape index (κ2) is 10.4. The number of halogens is 1. The van der Waals surface area contributed by atoms with Crippen LogP contribution in [0.5, 0.6) is 0 Å². The van der Waals surface area contributed by atoms with Crippen LogP contribution in [-0.4, -0.2) is 40.0 Å². The van der Waals surface area contributed by atoms with Gasteiger partial charge in [0.2, 0.25) is 0 Å². The SMILES string of the molecule is Cc1nccc(CN=C(N)NC2CCN(Cc3ccccc3)CC2)n1.I. The Bertz CT molecular complexity index is 698. The van der Waals surface area contributed by atoms with Crippen LogP contribution in [0.4, 0.5) is 0 Å². The highest BCUT2D eigenvalue weighted by molar-refractivity contribution is 14.0. The Morgan fingerprint density at radius 3 is 2.65 bits per heavy atom. The Morgan fingerprint density at radius 1 is 1.23 bits per heavy atom. The zero-order valence-electron chi connectivity index (χ0n) is 15.1. The Hall–Kier alpha value is -1.74. The lowest BCUT2D eigenvalue weighted by Crippen LogP contribution is -2.46. The second-order valence-electron chi connectivity index (χ2n) is 6.48. The molecule has 26 heavy (non-hydrogen) atoms. The van der Waals surface area contributed by atoms with E-state index in [0.29, 0.717) is 18.5 Å². The molecule has 3 N–H and O–H groups in total. The van der Waals surface area contributed by atoms with Crippen LogP contribution in [0, 0.1) is 6.92 Å². The van der Waals surface area contributed by atoms with Gasteiger partial charge in [-0.3, -0.25) is 4.90 Å². The molecule has 0 atom stereocenters. The van der Waals surface area contributed by atoms with Crippen LogP contribution in [0.2, 0.25) is 0 Å². The van der Waals surface area contributed by atoms with Gasteiger partial charge < -0.3 is 11.1 Å². The Balaban J connectivity index is 0.00000243. The summed E-state index contributed by atoms with van der Waals surface area (Å²) in [6.07, 6.45) is 3.91. The fourth-order valence-electron chi connectivity index (χ4n) is 3.09. The van der Waals surface area contributed by atoms with Crippen molar-refractivity contribution in [3.05, 3.63) is 59.7 Å². The molecule has 2 heterocycles. The first-order chi connectivity index (χ1) is 12.2. The summed E-state index contributed by atoms with van der Waals surface area (Å²) in [5, 5.41) is 3.35. The number of guanidine groups is 1. The molecule has 0 bridgehead atoms. The second-order valence-corrected chi connectivity index (χ2v) is 6.48. The first-order valence-electron chi connectivity index (χ1n) is 8.80. The number of hydrogen-bond donors (Lipinski definition) is 2. The lowest BCUT2D eigenvalue weighted by molar-refractivity contribution is 0.199. The van der Waals surface area contributed by atoms with E-state index < -0.39 is 0 Å². The highest BCUT2D eigenvalue weighted by atomic mass is 127. The summed E-state index contributed by atoms with van der Waals surface area (Å²) in [6.45, 7) is 5.52. The Labute approximate surface area is 172 Å². The maximum Gasteiger partial charge on any atom is 0.189 e. The molecule has 0 spiro atoms. The molecular weight excluding hydrogens is 439 g/mol. The zero-order valence-corrected chi connectivity index (χ0v) is 17.5. The molecule has 2 aromatic rings. The molecule has 1 aromatic heterocycles. The number of aliphatic imine (C=N–C) groups is 1. The largest absolute Gasteiger partial charge is 0.370 e. The highest BCUT2D eigenvalue weighted by Gasteiger charge is 2.19. The molecule has 0 radical (unpaired) electrons. The van der Waals surface area contributed by atoms with Gasteiger partial charge in [0.15, 0.2) is 5.96 Å². The summed E-state index contributed by atoms with van der Waals surface area (Å²) < 4.78 is 0. The smallest absolute Gasteiger partial charge is 0.189 e. The van der Waals surface area contributed by atoms with Gasteiger partial charge in [-0.25, -0.2) is 15.0 Å². The third kappa shape index (κ3) is 6.53. The molecule has 1 aliphatic heterocycles. The van der Waals surface area contributed by atoms with Crippen molar-refractivity contribution in [1.29, 1.82) is 0 Å². The summed E-state index contributed by atoms with van der Waals surface area (Å²) in [5.41, 5.74) is 8.29. The van der Waals surface area contributed by atoms with Gasteiger partial charge in [0.05, 0.1) is 12.2 Å². The van der Waals surface area contributed by atoms with Gasteiger partial charge in [-0.1, -0.05) is 30.3 Å². The van der Waals surface area contributed by atoms with Crippen molar-refractivity contribution in [2.45, 2.75) is 38.9 Å². The maximum absolute atomic E-state index is 6.03. The van der Waals surface area contributed by atoms with Gasteiger partial charge in [0.25, 0.3) is 0 Å². The third-order valence-electron chi connectivity index (χ3n) is 4.43. The molecule has 7 heteroatoms. The van der Waals surface area contributed by atoms with Crippen LogP contribution in [0.25, 0.3) is 0 Å². The predicted molar refractivity (Wildman–Crippen MR) is 115 cm³/mol. The lowest BCUT2D eigenvalue weighted by atomic mass is 10.0. The van der Waals surface area contributed by atoms with Crippen molar-refractivity contribution < 1.29 is 0 Å². The summed E-state index contributed by atoms with van der Waals surface area (Å²) >= 11 is 0. The molecule has 140 valence electrons. The first-order valence-corrected chi connectivity index (χ1v) is 8.80. The van der Waals surface area contributed by atoms with Crippen LogP contribution in [-0.2, 0) is 13.1 Å². The van der Waals surface area contributed by atoms with E-state index in [1.807, 2.05) is 13.0 Å². The van der Waals surface area contributed by atoms with Gasteiger partial charge in [-0.2, -0.15) is 0 Å². The van der Waals surface area contributed by atoms with Crippen LogP contribution in [0.15, 0.2) is 47.6 Å². The van der Waals surface area contributed by atoms with Crippen molar-refractivity contribution in [1.82, 2.24) is 20.2 Å². The number of aromatic nitrogens is 2. The first kappa shape index (κ1) is 20.6. The molecule has 1 aromatic carbocycles. The summed E-state index contributed by atoms with van der Waals surface area (Å²) in [5.74, 6) is 1.25. The fraction of sp³-hybridized carbons (Fsp3) is 0.421. The zero-order chi connectivity index (χ0) is 17.5. The number of aryl methyl sites for hydroxylation is 1. The van der Waals surface area contributed by atoms with E-state index in [1.54, 1.807) is 6.20 Å². The van der Waals surface area contributed by atoms with Gasteiger partial charge in [0, 0.05) is 31.9 Å². The monoisotopic (exact) mass is 466 g/mol. The number of piperidine rings is 1. The van der Waals surface area contributed by atoms with E-state index in [2.05, 4.69) is 55.5 Å². The number of benzene rings is 1. The lowest BCUT2D eigenvalue weighted by Gasteiger charge is -2.32. The molecule has 6 nitrogen and oxygen atoms in total. The molecule has 1 fully saturated rings. The molecule has 1 aliphatic rings. The number of hydrogen-bond acceptors (Lipinski definition) is 4. The van der Waals surface area contributed by atoms with E-state index in [1.165, 1.54) is 5.56 Å². The number of nitrogens with one attached hydrogen (secondary N) is 1. The van der Waals surface area contributed by atoms with Gasteiger partial charge in [0.1, 0.15) is 5.82 Å². The van der Waals surface area contributed by atoms with Crippen LogP contribution in [0.1, 0.15) is 29.9 Å². The maximum atomic E-state index is 6.03. The Kier molecular flexibility index (Phi) is 8.24. The van der Waals surface area contributed by atoms with E-state index in [0.717, 1.165) is 44.0 Å². The van der Waals surface area contributed by atoms with Crippen LogP contribution < -0.4 is 11.1 Å². The highest BCUT2D eigenvalue weighted by Crippen LogP contribution is 2.13. The fourth-order valence-corrected chi connectivity index (χ4v) is 3.09. The van der Waals surface area contributed by atoms with Crippen molar-refractivity contribution in [3.63, 3.8) is 0 Å². The van der Waals surface area contributed by atoms with Crippen molar-refractivity contribution in [2.75, 3.05) is 13.1 Å². The topological polar surface area (TPSA) is 79.4 Å². The van der Waals surface area contributed by atoms with E-state index >= 15 is 0 Å².